The molecule has 1 aromatic heterocycles. The highest BCUT2D eigenvalue weighted by molar-refractivity contribution is 8.00. The molecule has 3 aliphatic rings. The fraction of sp³-hybridized carbons (Fsp3) is 0.0541. The van der Waals surface area contributed by atoms with Gasteiger partial charge in [0.25, 0.3) is 0 Å². The van der Waals surface area contributed by atoms with Crippen molar-refractivity contribution in [3.63, 3.8) is 0 Å². The fourth-order valence-corrected chi connectivity index (χ4v) is 16.6. The first-order chi connectivity index (χ1) is 38.6. The maximum absolute atomic E-state index is 4.35. The predicted molar refractivity (Wildman–Crippen MR) is 335 cm³/mol. The third kappa shape index (κ3) is 6.27. The number of fused-ring (bicyclic) bond motifs is 21. The molecule has 2 aliphatic carbocycles. The second-order valence-electron chi connectivity index (χ2n) is 20.9. The van der Waals surface area contributed by atoms with Gasteiger partial charge in [-0.25, -0.2) is 0 Å². The third-order valence-corrected chi connectivity index (χ3v) is 19.7. The Morgan fingerprint density at radius 2 is 1.03 bits per heavy atom. The number of para-hydroxylation sites is 2. The first-order valence-electron chi connectivity index (χ1n) is 27.1. The second-order valence-corrected chi connectivity index (χ2v) is 23.1. The van der Waals surface area contributed by atoms with Crippen LogP contribution in [0.4, 0.5) is 34.1 Å². The number of thioether (sulfide) groups is 1. The van der Waals surface area contributed by atoms with Crippen molar-refractivity contribution in [3.05, 3.63) is 295 Å². The molecule has 0 amide bonds. The Kier molecular flexibility index (Phi) is 10.2. The van der Waals surface area contributed by atoms with Gasteiger partial charge >= 0.3 is 0 Å². The lowest BCUT2D eigenvalue weighted by molar-refractivity contribution is 0.809. The lowest BCUT2D eigenvalue weighted by atomic mass is 9.68. The topological polar surface area (TPSA) is 6.48 Å². The van der Waals surface area contributed by atoms with Crippen molar-refractivity contribution in [1.82, 2.24) is 0 Å². The summed E-state index contributed by atoms with van der Waals surface area (Å²) in [5, 5.41) is 10.3. The van der Waals surface area contributed by atoms with Crippen LogP contribution in [0.15, 0.2) is 272 Å². The number of rotatable bonds is 8. The predicted octanol–water partition coefficient (Wildman–Crippen LogP) is 21.1. The molecule has 0 radical (unpaired) electrons. The molecule has 0 saturated carbocycles. The van der Waals surface area contributed by atoms with Crippen molar-refractivity contribution in [1.29, 1.82) is 0 Å². The van der Waals surface area contributed by atoms with Crippen molar-refractivity contribution in [3.8, 4) is 22.3 Å². The molecule has 2 atom stereocenters. The normalized spacial score (nSPS) is 15.6. The molecule has 2 nitrogen and oxygen atoms in total. The van der Waals surface area contributed by atoms with Crippen molar-refractivity contribution in [2.45, 2.75) is 28.4 Å². The van der Waals surface area contributed by atoms with E-state index in [4.69, 9.17) is 0 Å². The van der Waals surface area contributed by atoms with E-state index in [1.165, 1.54) is 119 Å². The van der Waals surface area contributed by atoms with Crippen LogP contribution in [0.3, 0.4) is 0 Å². The Hall–Kier alpha value is -8.93. The molecule has 0 saturated heterocycles. The van der Waals surface area contributed by atoms with Crippen molar-refractivity contribution < 1.29 is 0 Å². The Morgan fingerprint density at radius 1 is 0.436 bits per heavy atom. The largest absolute Gasteiger partial charge is 0.309 e. The number of benzene rings is 12. The average molecular weight is 1030 g/mol. The fourth-order valence-electron chi connectivity index (χ4n) is 14.0. The quantitative estimate of drug-likeness (QED) is 0.111. The van der Waals surface area contributed by atoms with E-state index < -0.39 is 5.41 Å². The van der Waals surface area contributed by atoms with Gasteiger partial charge in [0.1, 0.15) is 0 Å². The zero-order chi connectivity index (χ0) is 51.6. The van der Waals surface area contributed by atoms with Gasteiger partial charge in [-0.05, 0) is 145 Å². The Bertz CT molecular complexity index is 4620. The summed E-state index contributed by atoms with van der Waals surface area (Å²) in [5.41, 5.74) is 18.1. The lowest BCUT2D eigenvalue weighted by Gasteiger charge is -2.34. The molecule has 12 aromatic carbocycles. The van der Waals surface area contributed by atoms with E-state index in [9.17, 15) is 0 Å². The SMILES string of the molecule is C=CC1Sc2c(cccc2N(c2ccccc2)c2cc3c(c4ccccc24)C2(c4ccccc4-c4ccccc42)c2c-3c3ccccc3c3cc(N(c4ccccc4)c4cccc5c4sc4ccccc45)ccc23)C1/C=C\C. The lowest BCUT2D eigenvalue weighted by Crippen LogP contribution is -2.27. The van der Waals surface area contributed by atoms with E-state index in [2.05, 4.69) is 284 Å². The number of anilines is 6. The monoisotopic (exact) mass is 1030 g/mol. The molecule has 16 rings (SSSR count). The first-order valence-corrected chi connectivity index (χ1v) is 28.8. The molecular formula is C74H50N2S2. The van der Waals surface area contributed by atoms with Crippen molar-refractivity contribution in [2.24, 2.45) is 0 Å². The minimum absolute atomic E-state index is 0.227. The molecule has 0 fully saturated rings. The van der Waals surface area contributed by atoms with E-state index in [-0.39, 0.29) is 11.2 Å². The van der Waals surface area contributed by atoms with Gasteiger partial charge in [0.2, 0.25) is 0 Å². The smallest absolute Gasteiger partial charge is 0.0737 e. The van der Waals surface area contributed by atoms with E-state index in [1.807, 2.05) is 23.1 Å². The molecule has 0 bridgehead atoms. The first kappa shape index (κ1) is 45.3. The van der Waals surface area contributed by atoms with Gasteiger partial charge in [-0.2, -0.15) is 0 Å². The standard InChI is InChI=1S/C74H50N2S2/c1-3-23-53-58-35-22-40-65(73(58)77-67(53)4-2)76(47-26-9-6-10-27-47)66-45-61-69-55-33-13-11-28-49(55)60-44-48(75(46-24-7-5-8-25-46)64-39-21-36-59-54-32-17-20-41-68(54)78-72(59)64)42-43-57(60)71(69)74(70(61)56-34-14-12-31-52(56)66)62-37-18-15-29-50(62)51-30-16-19-38-63(51)74/h3-45,53,67H,2H2,1H3/b23-3-. The molecule has 1 aliphatic heterocycles. The van der Waals surface area contributed by atoms with Gasteiger partial charge in [-0.1, -0.05) is 200 Å². The van der Waals surface area contributed by atoms with Gasteiger partial charge < -0.3 is 9.80 Å². The molecule has 2 heterocycles. The molecular weight excluding hydrogens is 981 g/mol. The van der Waals surface area contributed by atoms with Crippen LogP contribution in [0, 0.1) is 0 Å². The zero-order valence-electron chi connectivity index (χ0n) is 42.9. The summed E-state index contributed by atoms with van der Waals surface area (Å²) in [6.07, 6.45) is 6.68. The highest BCUT2D eigenvalue weighted by Gasteiger charge is 2.54. The van der Waals surface area contributed by atoms with Crippen LogP contribution in [0.5, 0.6) is 0 Å². The maximum Gasteiger partial charge on any atom is 0.0737 e. The molecule has 1 spiro atoms. The minimum atomic E-state index is -0.653. The van der Waals surface area contributed by atoms with Crippen LogP contribution >= 0.6 is 23.1 Å². The molecule has 4 heteroatoms. The summed E-state index contributed by atoms with van der Waals surface area (Å²) < 4.78 is 2.57. The van der Waals surface area contributed by atoms with Crippen LogP contribution < -0.4 is 9.80 Å². The number of thiophene rings is 1. The van der Waals surface area contributed by atoms with E-state index in [0.29, 0.717) is 0 Å². The van der Waals surface area contributed by atoms with Gasteiger partial charge in [0, 0.05) is 54.0 Å². The summed E-state index contributed by atoms with van der Waals surface area (Å²) in [5.74, 6) is 0.237. The average Bonchev–Trinajstić information content (AvgIpc) is 3.88. The summed E-state index contributed by atoms with van der Waals surface area (Å²) in [6, 6.07) is 91.5. The van der Waals surface area contributed by atoms with Crippen LogP contribution in [0.25, 0.3) is 74.7 Å². The molecule has 78 heavy (non-hydrogen) atoms. The van der Waals surface area contributed by atoms with E-state index in [0.717, 1.165) is 22.7 Å². The maximum atomic E-state index is 4.35. The number of hydrogen-bond donors (Lipinski definition) is 0. The van der Waals surface area contributed by atoms with Crippen molar-refractivity contribution >= 4 is 110 Å². The van der Waals surface area contributed by atoms with Crippen LogP contribution in [0.2, 0.25) is 0 Å². The van der Waals surface area contributed by atoms with E-state index >= 15 is 0 Å². The van der Waals surface area contributed by atoms with Gasteiger partial charge in [-0.3, -0.25) is 0 Å². The van der Waals surface area contributed by atoms with Gasteiger partial charge in [0.15, 0.2) is 0 Å². The van der Waals surface area contributed by atoms with Gasteiger partial charge in [-0.15, -0.1) is 29.7 Å². The Morgan fingerprint density at radius 3 is 1.76 bits per heavy atom. The van der Waals surface area contributed by atoms with Crippen LogP contribution in [0.1, 0.15) is 40.7 Å². The second kappa shape index (κ2) is 17.6. The van der Waals surface area contributed by atoms with Crippen LogP contribution in [-0.4, -0.2) is 5.25 Å². The summed E-state index contributed by atoms with van der Waals surface area (Å²) in [4.78, 5) is 6.34. The number of hydrogen-bond acceptors (Lipinski definition) is 4. The van der Waals surface area contributed by atoms with Gasteiger partial charge in [0.05, 0.1) is 27.2 Å². The number of nitrogens with zero attached hydrogens (tertiary/aromatic N) is 2. The molecule has 2 unspecified atom stereocenters. The summed E-state index contributed by atoms with van der Waals surface area (Å²) in [7, 11) is 0. The highest BCUT2D eigenvalue weighted by Crippen LogP contribution is 2.68. The summed E-state index contributed by atoms with van der Waals surface area (Å²) in [6.45, 7) is 6.48. The zero-order valence-corrected chi connectivity index (χ0v) is 44.5. The molecule has 13 aromatic rings. The third-order valence-electron chi connectivity index (χ3n) is 17.0. The molecule has 0 N–H and O–H groups in total. The Balaban J connectivity index is 1.03. The molecule has 368 valence electrons. The van der Waals surface area contributed by atoms with Crippen LogP contribution in [-0.2, 0) is 5.41 Å². The Labute approximate surface area is 462 Å². The minimum Gasteiger partial charge on any atom is -0.309 e. The number of allylic oxidation sites excluding steroid dienone is 2. The highest BCUT2D eigenvalue weighted by atomic mass is 32.2. The van der Waals surface area contributed by atoms with E-state index in [1.54, 1.807) is 0 Å². The summed E-state index contributed by atoms with van der Waals surface area (Å²) >= 11 is 3.82. The van der Waals surface area contributed by atoms with Crippen molar-refractivity contribution in [2.75, 3.05) is 9.80 Å².